The highest BCUT2D eigenvalue weighted by Crippen LogP contribution is 2.37. The number of hydrazine groups is 1. The van der Waals surface area contributed by atoms with E-state index in [1.54, 1.807) is 6.92 Å². The lowest BCUT2D eigenvalue weighted by atomic mass is 10.3. The van der Waals surface area contributed by atoms with Gasteiger partial charge in [-0.1, -0.05) is 0 Å². The van der Waals surface area contributed by atoms with Crippen molar-refractivity contribution in [1.82, 2.24) is 9.97 Å². The highest BCUT2D eigenvalue weighted by atomic mass is 79.9. The van der Waals surface area contributed by atoms with Crippen molar-refractivity contribution in [2.24, 2.45) is 5.84 Å². The van der Waals surface area contributed by atoms with Crippen LogP contribution in [0.4, 0.5) is 10.2 Å². The molecule has 2 heterocycles. The number of aromatic nitrogens is 2. The van der Waals surface area contributed by atoms with E-state index in [1.165, 1.54) is 11.3 Å². The Kier molecular flexibility index (Phi) is 3.76. The second-order valence-electron chi connectivity index (χ2n) is 3.17. The zero-order valence-electron chi connectivity index (χ0n) is 8.59. The monoisotopic (exact) mass is 380 g/mol. The minimum absolute atomic E-state index is 0.00635. The molecule has 2 aromatic heterocycles. The number of thiophene rings is 1. The fourth-order valence-corrected chi connectivity index (χ4v) is 3.19. The molecule has 0 spiro atoms. The normalized spacial score (nSPS) is 10.6. The van der Waals surface area contributed by atoms with Crippen molar-refractivity contribution in [2.45, 2.75) is 6.92 Å². The van der Waals surface area contributed by atoms with Gasteiger partial charge in [0.15, 0.2) is 17.5 Å². The molecule has 0 saturated carbocycles. The Labute approximate surface area is 118 Å². The molecular formula is C9H7Br2FN4S. The molecule has 0 amide bonds. The van der Waals surface area contributed by atoms with Crippen LogP contribution in [0.3, 0.4) is 0 Å². The topological polar surface area (TPSA) is 63.8 Å². The van der Waals surface area contributed by atoms with Gasteiger partial charge in [-0.05, 0) is 44.8 Å². The number of rotatable bonds is 2. The molecule has 0 atom stereocenters. The van der Waals surface area contributed by atoms with Crippen molar-refractivity contribution < 1.29 is 4.39 Å². The molecule has 2 rings (SSSR count). The lowest BCUT2D eigenvalue weighted by molar-refractivity contribution is 0.606. The van der Waals surface area contributed by atoms with Crippen LogP contribution in [0.1, 0.15) is 5.69 Å². The number of nitrogen functional groups attached to an aromatic ring is 1. The molecule has 0 radical (unpaired) electrons. The lowest BCUT2D eigenvalue weighted by Crippen LogP contribution is -2.12. The van der Waals surface area contributed by atoms with Crippen LogP contribution in [0, 0.1) is 12.7 Å². The SMILES string of the molecule is Cc1nc(-c2cc(Br)c(Br)s2)nc(NN)c1F. The molecular weight excluding hydrogens is 375 g/mol. The Hall–Kier alpha value is -0.570. The van der Waals surface area contributed by atoms with Gasteiger partial charge in [0.05, 0.1) is 14.4 Å². The van der Waals surface area contributed by atoms with E-state index in [9.17, 15) is 4.39 Å². The molecule has 2 aromatic rings. The number of aryl methyl sites for hydroxylation is 1. The summed E-state index contributed by atoms with van der Waals surface area (Å²) in [4.78, 5) is 8.94. The van der Waals surface area contributed by atoms with Crippen LogP contribution >= 0.6 is 43.2 Å². The van der Waals surface area contributed by atoms with E-state index in [0.29, 0.717) is 5.82 Å². The fraction of sp³-hybridized carbons (Fsp3) is 0.111. The van der Waals surface area contributed by atoms with Gasteiger partial charge in [-0.25, -0.2) is 20.2 Å². The van der Waals surface area contributed by atoms with E-state index in [1.807, 2.05) is 6.07 Å². The van der Waals surface area contributed by atoms with Gasteiger partial charge in [0.25, 0.3) is 0 Å². The molecule has 0 aliphatic carbocycles. The van der Waals surface area contributed by atoms with Crippen LogP contribution in [-0.2, 0) is 0 Å². The van der Waals surface area contributed by atoms with E-state index < -0.39 is 5.82 Å². The maximum absolute atomic E-state index is 13.5. The summed E-state index contributed by atoms with van der Waals surface area (Å²) in [7, 11) is 0. The average molecular weight is 382 g/mol. The zero-order chi connectivity index (χ0) is 12.6. The Morgan fingerprint density at radius 3 is 2.65 bits per heavy atom. The van der Waals surface area contributed by atoms with Crippen LogP contribution in [0.5, 0.6) is 0 Å². The van der Waals surface area contributed by atoms with Crippen LogP contribution in [0.25, 0.3) is 10.7 Å². The van der Waals surface area contributed by atoms with Gasteiger partial charge in [0.1, 0.15) is 0 Å². The first-order chi connectivity index (χ1) is 8.02. The summed E-state index contributed by atoms with van der Waals surface area (Å²) < 4.78 is 15.3. The highest BCUT2D eigenvalue weighted by molar-refractivity contribution is 9.13. The molecule has 0 aliphatic rings. The molecule has 0 saturated heterocycles. The predicted octanol–water partition coefficient (Wildman–Crippen LogP) is 3.46. The molecule has 4 nitrogen and oxygen atoms in total. The smallest absolute Gasteiger partial charge is 0.187 e. The number of anilines is 1. The second-order valence-corrected chi connectivity index (χ2v) is 6.40. The van der Waals surface area contributed by atoms with E-state index in [0.717, 1.165) is 13.1 Å². The second kappa shape index (κ2) is 4.97. The third-order valence-corrected chi connectivity index (χ3v) is 5.27. The summed E-state index contributed by atoms with van der Waals surface area (Å²) in [5.41, 5.74) is 2.48. The average Bonchev–Trinajstić information content (AvgIpc) is 2.63. The van der Waals surface area contributed by atoms with E-state index in [-0.39, 0.29) is 11.5 Å². The number of nitrogens with two attached hydrogens (primary N) is 1. The Balaban J connectivity index is 2.56. The quantitative estimate of drug-likeness (QED) is 0.617. The summed E-state index contributed by atoms with van der Waals surface area (Å²) in [5.74, 6) is 5.10. The van der Waals surface area contributed by atoms with Crippen molar-refractivity contribution in [1.29, 1.82) is 0 Å². The van der Waals surface area contributed by atoms with Crippen LogP contribution in [-0.4, -0.2) is 9.97 Å². The van der Waals surface area contributed by atoms with E-state index in [2.05, 4.69) is 47.3 Å². The zero-order valence-corrected chi connectivity index (χ0v) is 12.6. The minimum atomic E-state index is -0.536. The summed E-state index contributed by atoms with van der Waals surface area (Å²) in [6.45, 7) is 1.57. The van der Waals surface area contributed by atoms with Crippen molar-refractivity contribution >= 4 is 49.0 Å². The first-order valence-corrected chi connectivity index (χ1v) is 6.89. The third kappa shape index (κ3) is 2.49. The Morgan fingerprint density at radius 1 is 1.41 bits per heavy atom. The van der Waals surface area contributed by atoms with Crippen LogP contribution in [0.15, 0.2) is 14.3 Å². The minimum Gasteiger partial charge on any atom is -0.306 e. The summed E-state index contributed by atoms with van der Waals surface area (Å²) in [5, 5.41) is 0. The van der Waals surface area contributed by atoms with Crippen molar-refractivity contribution in [2.75, 3.05) is 5.43 Å². The molecule has 0 unspecified atom stereocenters. The standard InChI is InChI=1S/C9H7Br2FN4S/c1-3-6(12)9(16-13)15-8(14-3)5-2-4(10)7(11)17-5/h2H,13H2,1H3,(H,14,15,16). The first kappa shape index (κ1) is 12.9. The third-order valence-electron chi connectivity index (χ3n) is 2.02. The lowest BCUT2D eigenvalue weighted by Gasteiger charge is -2.05. The highest BCUT2D eigenvalue weighted by Gasteiger charge is 2.14. The number of halogens is 3. The summed E-state index contributed by atoms with van der Waals surface area (Å²) in [6.07, 6.45) is 0. The summed E-state index contributed by atoms with van der Waals surface area (Å²) >= 11 is 8.21. The maximum Gasteiger partial charge on any atom is 0.187 e. The van der Waals surface area contributed by atoms with Gasteiger partial charge in [0.2, 0.25) is 0 Å². The van der Waals surface area contributed by atoms with E-state index in [4.69, 9.17) is 5.84 Å². The number of hydrogen-bond acceptors (Lipinski definition) is 5. The Morgan fingerprint density at radius 2 is 2.12 bits per heavy atom. The molecule has 3 N–H and O–H groups in total. The van der Waals surface area contributed by atoms with Gasteiger partial charge >= 0.3 is 0 Å². The number of hydrogen-bond donors (Lipinski definition) is 2. The van der Waals surface area contributed by atoms with Crippen molar-refractivity contribution in [3.05, 3.63) is 25.8 Å². The largest absolute Gasteiger partial charge is 0.306 e. The van der Waals surface area contributed by atoms with Crippen molar-refractivity contribution in [3.63, 3.8) is 0 Å². The van der Waals surface area contributed by atoms with Crippen LogP contribution < -0.4 is 11.3 Å². The van der Waals surface area contributed by atoms with Crippen molar-refractivity contribution in [3.8, 4) is 10.7 Å². The molecule has 0 aliphatic heterocycles. The summed E-state index contributed by atoms with van der Waals surface area (Å²) in [6, 6.07) is 1.86. The van der Waals surface area contributed by atoms with Crippen LogP contribution in [0.2, 0.25) is 0 Å². The number of nitrogens with one attached hydrogen (secondary N) is 1. The van der Waals surface area contributed by atoms with Gasteiger partial charge in [-0.15, -0.1) is 11.3 Å². The molecule has 0 bridgehead atoms. The van der Waals surface area contributed by atoms with Gasteiger partial charge < -0.3 is 5.43 Å². The maximum atomic E-state index is 13.5. The van der Waals surface area contributed by atoms with Gasteiger partial charge in [-0.2, -0.15) is 0 Å². The van der Waals surface area contributed by atoms with Gasteiger partial charge in [-0.3, -0.25) is 0 Å². The molecule has 0 aromatic carbocycles. The molecule has 0 fully saturated rings. The van der Waals surface area contributed by atoms with Gasteiger partial charge in [0, 0.05) is 4.47 Å². The first-order valence-electron chi connectivity index (χ1n) is 4.49. The molecule has 8 heteroatoms. The molecule has 17 heavy (non-hydrogen) atoms. The Bertz CT molecular complexity index is 553. The predicted molar refractivity (Wildman–Crippen MR) is 73.3 cm³/mol. The molecule has 90 valence electrons. The fourth-order valence-electron chi connectivity index (χ4n) is 1.22. The van der Waals surface area contributed by atoms with E-state index >= 15 is 0 Å². The number of nitrogens with zero attached hydrogens (tertiary/aromatic N) is 2.